The van der Waals surface area contributed by atoms with Crippen molar-refractivity contribution in [3.63, 3.8) is 0 Å². The van der Waals surface area contributed by atoms with Crippen molar-refractivity contribution in [2.75, 3.05) is 6.54 Å². The van der Waals surface area contributed by atoms with Crippen molar-refractivity contribution >= 4 is 11.6 Å². The highest BCUT2D eigenvalue weighted by Gasteiger charge is 2.13. The van der Waals surface area contributed by atoms with Crippen LogP contribution in [0.2, 0.25) is 5.02 Å². The van der Waals surface area contributed by atoms with Crippen LogP contribution in [-0.2, 0) is 0 Å². The van der Waals surface area contributed by atoms with Crippen molar-refractivity contribution in [3.8, 4) is 0 Å². The number of benzene rings is 1. The molecule has 0 bridgehead atoms. The zero-order valence-corrected chi connectivity index (χ0v) is 7.44. The molecule has 0 aliphatic heterocycles. The monoisotopic (exact) mass is 201 g/mol. The van der Waals surface area contributed by atoms with Gasteiger partial charge in [-0.25, -0.2) is 0 Å². The fourth-order valence-corrected chi connectivity index (χ4v) is 1.06. The average Bonchev–Trinajstić information content (AvgIpc) is 2.04. The van der Waals surface area contributed by atoms with Crippen LogP contribution in [-0.4, -0.2) is 16.6 Å². The van der Waals surface area contributed by atoms with Crippen LogP contribution < -0.4 is 0 Å². The van der Waals surface area contributed by atoms with Crippen LogP contribution >= 0.6 is 11.6 Å². The summed E-state index contributed by atoms with van der Waals surface area (Å²) in [5.41, 5.74) is 0.501. The normalized spacial score (nSPS) is 12.5. The first-order valence-electron chi connectivity index (χ1n) is 3.65. The van der Waals surface area contributed by atoms with Gasteiger partial charge in [0.15, 0.2) is 0 Å². The number of nitro groups is 1. The second-order valence-electron chi connectivity index (χ2n) is 2.58. The third-order valence-electron chi connectivity index (χ3n) is 1.58. The lowest BCUT2D eigenvalue weighted by atomic mass is 10.1. The molecule has 0 heterocycles. The zero-order chi connectivity index (χ0) is 9.84. The minimum absolute atomic E-state index is 0.484. The standard InChI is InChI=1S/C8H8ClNO3/c9-7-3-1-6(2-4-7)8(11)5-10(12)13/h1-4,8,11H,5H2. The number of aliphatic hydroxyl groups is 1. The summed E-state index contributed by atoms with van der Waals surface area (Å²) in [4.78, 5) is 9.51. The fourth-order valence-electron chi connectivity index (χ4n) is 0.932. The zero-order valence-electron chi connectivity index (χ0n) is 6.68. The maximum atomic E-state index is 10.1. The molecule has 0 fully saturated rings. The highest BCUT2D eigenvalue weighted by atomic mass is 35.5. The molecule has 0 amide bonds. The van der Waals surface area contributed by atoms with Crippen LogP contribution in [0.25, 0.3) is 0 Å². The predicted molar refractivity (Wildman–Crippen MR) is 48.3 cm³/mol. The van der Waals surface area contributed by atoms with E-state index in [9.17, 15) is 15.2 Å². The van der Waals surface area contributed by atoms with E-state index in [1.165, 1.54) is 0 Å². The third-order valence-corrected chi connectivity index (χ3v) is 1.83. The Balaban J connectivity index is 2.71. The second kappa shape index (κ2) is 4.20. The Morgan fingerprint density at radius 2 is 2.00 bits per heavy atom. The van der Waals surface area contributed by atoms with Gasteiger partial charge in [0, 0.05) is 9.95 Å². The molecule has 13 heavy (non-hydrogen) atoms. The Hall–Kier alpha value is -1.13. The van der Waals surface area contributed by atoms with E-state index in [1.807, 2.05) is 0 Å². The van der Waals surface area contributed by atoms with E-state index >= 15 is 0 Å². The van der Waals surface area contributed by atoms with E-state index in [0.29, 0.717) is 10.6 Å². The predicted octanol–water partition coefficient (Wildman–Crippen LogP) is 1.65. The smallest absolute Gasteiger partial charge is 0.233 e. The van der Waals surface area contributed by atoms with Gasteiger partial charge in [0.05, 0.1) is 0 Å². The van der Waals surface area contributed by atoms with E-state index in [0.717, 1.165) is 0 Å². The first-order chi connectivity index (χ1) is 6.09. The molecule has 1 aromatic rings. The lowest BCUT2D eigenvalue weighted by Crippen LogP contribution is -2.11. The fraction of sp³-hybridized carbons (Fsp3) is 0.250. The summed E-state index contributed by atoms with van der Waals surface area (Å²) < 4.78 is 0. The largest absolute Gasteiger partial charge is 0.382 e. The highest BCUT2D eigenvalue weighted by Crippen LogP contribution is 2.16. The molecular weight excluding hydrogens is 194 g/mol. The van der Waals surface area contributed by atoms with Crippen LogP contribution in [0.15, 0.2) is 24.3 Å². The van der Waals surface area contributed by atoms with Crippen molar-refractivity contribution < 1.29 is 10.0 Å². The minimum atomic E-state index is -1.06. The summed E-state index contributed by atoms with van der Waals surface area (Å²) in [6.07, 6.45) is -1.06. The van der Waals surface area contributed by atoms with Gasteiger partial charge >= 0.3 is 0 Å². The summed E-state index contributed by atoms with van der Waals surface area (Å²) in [6.45, 7) is -0.484. The average molecular weight is 202 g/mol. The highest BCUT2D eigenvalue weighted by molar-refractivity contribution is 6.30. The van der Waals surface area contributed by atoms with Crippen molar-refractivity contribution in [1.29, 1.82) is 0 Å². The molecule has 0 aliphatic rings. The lowest BCUT2D eigenvalue weighted by molar-refractivity contribution is -0.491. The molecule has 5 heteroatoms. The molecule has 1 unspecified atom stereocenters. The molecule has 4 nitrogen and oxygen atoms in total. The molecule has 1 aromatic carbocycles. The van der Waals surface area contributed by atoms with Gasteiger partial charge in [0.25, 0.3) is 0 Å². The van der Waals surface area contributed by atoms with Gasteiger partial charge in [-0.3, -0.25) is 10.1 Å². The van der Waals surface area contributed by atoms with Gasteiger partial charge in [-0.15, -0.1) is 0 Å². The number of rotatable bonds is 3. The molecule has 0 aromatic heterocycles. The van der Waals surface area contributed by atoms with Crippen LogP contribution in [0.3, 0.4) is 0 Å². The van der Waals surface area contributed by atoms with Gasteiger partial charge in [-0.2, -0.15) is 0 Å². The molecule has 1 atom stereocenters. The molecule has 0 radical (unpaired) electrons. The van der Waals surface area contributed by atoms with Gasteiger partial charge in [0.1, 0.15) is 6.10 Å². The SMILES string of the molecule is O=[N+]([O-])CC(O)c1ccc(Cl)cc1. The lowest BCUT2D eigenvalue weighted by Gasteiger charge is -2.05. The van der Waals surface area contributed by atoms with Crippen molar-refractivity contribution in [2.45, 2.75) is 6.10 Å². The topological polar surface area (TPSA) is 63.4 Å². The van der Waals surface area contributed by atoms with E-state index in [-0.39, 0.29) is 0 Å². The Bertz CT molecular complexity index is 299. The number of halogens is 1. The third kappa shape index (κ3) is 3.01. The summed E-state index contributed by atoms with van der Waals surface area (Å²) in [5, 5.41) is 19.9. The second-order valence-corrected chi connectivity index (χ2v) is 3.02. The Kier molecular flexibility index (Phi) is 3.22. The number of aliphatic hydroxyl groups excluding tert-OH is 1. The van der Waals surface area contributed by atoms with E-state index < -0.39 is 17.6 Å². The van der Waals surface area contributed by atoms with Crippen LogP contribution in [0.1, 0.15) is 11.7 Å². The van der Waals surface area contributed by atoms with Gasteiger partial charge in [-0.1, -0.05) is 23.7 Å². The van der Waals surface area contributed by atoms with Gasteiger partial charge in [0.2, 0.25) is 6.54 Å². The molecular formula is C8H8ClNO3. The van der Waals surface area contributed by atoms with E-state index in [2.05, 4.69) is 0 Å². The molecule has 0 saturated heterocycles. The molecule has 0 saturated carbocycles. The minimum Gasteiger partial charge on any atom is -0.382 e. The van der Waals surface area contributed by atoms with E-state index in [4.69, 9.17) is 11.6 Å². The van der Waals surface area contributed by atoms with Crippen LogP contribution in [0.5, 0.6) is 0 Å². The molecule has 0 spiro atoms. The first kappa shape index (κ1) is 9.95. The van der Waals surface area contributed by atoms with Crippen molar-refractivity contribution in [1.82, 2.24) is 0 Å². The number of hydrogen-bond acceptors (Lipinski definition) is 3. The summed E-state index contributed by atoms with van der Waals surface area (Å²) in [7, 11) is 0. The molecule has 1 N–H and O–H groups in total. The summed E-state index contributed by atoms with van der Waals surface area (Å²) in [5.74, 6) is 0. The maximum absolute atomic E-state index is 10.1. The Labute approximate surface area is 79.9 Å². The number of nitrogens with zero attached hydrogens (tertiary/aromatic N) is 1. The Morgan fingerprint density at radius 3 is 2.46 bits per heavy atom. The van der Waals surface area contributed by atoms with Gasteiger partial charge in [-0.05, 0) is 17.7 Å². The van der Waals surface area contributed by atoms with Crippen LogP contribution in [0.4, 0.5) is 0 Å². The first-order valence-corrected chi connectivity index (χ1v) is 4.02. The molecule has 70 valence electrons. The molecule has 0 aliphatic carbocycles. The molecule has 1 rings (SSSR count). The van der Waals surface area contributed by atoms with Crippen LogP contribution in [0, 0.1) is 10.1 Å². The summed E-state index contributed by atoms with van der Waals surface area (Å²) >= 11 is 5.61. The maximum Gasteiger partial charge on any atom is 0.233 e. The van der Waals surface area contributed by atoms with E-state index in [1.54, 1.807) is 24.3 Å². The summed E-state index contributed by atoms with van der Waals surface area (Å²) in [6, 6.07) is 6.30. The Morgan fingerprint density at radius 1 is 1.46 bits per heavy atom. The number of hydrogen-bond donors (Lipinski definition) is 1. The van der Waals surface area contributed by atoms with Crippen molar-refractivity contribution in [2.24, 2.45) is 0 Å². The van der Waals surface area contributed by atoms with Crippen molar-refractivity contribution in [3.05, 3.63) is 45.0 Å². The quantitative estimate of drug-likeness (QED) is 0.598. The van der Waals surface area contributed by atoms with Gasteiger partial charge < -0.3 is 5.11 Å².